The van der Waals surface area contributed by atoms with E-state index in [1.54, 1.807) is 37.5 Å². The van der Waals surface area contributed by atoms with E-state index in [1.165, 1.54) is 6.07 Å². The van der Waals surface area contributed by atoms with Gasteiger partial charge in [0.1, 0.15) is 11.8 Å². The first kappa shape index (κ1) is 46.4. The number of alkyl halides is 2. The molecule has 5 aromatic rings. The molecule has 3 saturated heterocycles. The van der Waals surface area contributed by atoms with Gasteiger partial charge in [0.2, 0.25) is 23.6 Å². The standard InChI is InChI=1S/C52H55F2N9O8/c1-30(64)59-21-14-41-39(28-59)49(57-63(41)33-15-23-70-24-16-33)60-18-3-5-31-25-35(36(48(53)54)26-43(31)60)38-29-61(40-11-17-55-27-37(38)40)32-12-19-58(20-13-32)46(66)8-4-22-71-44-7-2-6-34-47(44)52(69)62(51(34)68)42-9-10-45(65)56-50(42)67/h2,6-7,11,17,25-27,29,32-33,42,48H,3-5,8-10,12-16,18-24,28H2,1H3,(H,56,65,67). The van der Waals surface area contributed by atoms with Crippen LogP contribution in [0.2, 0.25) is 0 Å². The van der Waals surface area contributed by atoms with Crippen LogP contribution >= 0.6 is 0 Å². The van der Waals surface area contributed by atoms with Crippen LogP contribution in [0.1, 0.15) is 126 Å². The van der Waals surface area contributed by atoms with Gasteiger partial charge in [-0.3, -0.25) is 48.6 Å². The van der Waals surface area contributed by atoms with Crippen LogP contribution in [0.5, 0.6) is 5.75 Å². The molecule has 1 unspecified atom stereocenters. The molecule has 6 amide bonds. The Kier molecular flexibility index (Phi) is 12.4. The van der Waals surface area contributed by atoms with Crippen LogP contribution in [0.15, 0.2) is 55.0 Å². The molecule has 2 aromatic carbocycles. The minimum atomic E-state index is -2.77. The minimum Gasteiger partial charge on any atom is -0.493 e. The number of anilines is 2. The van der Waals surface area contributed by atoms with Gasteiger partial charge < -0.3 is 28.7 Å². The van der Waals surface area contributed by atoms with Crippen LogP contribution in [0, 0.1) is 0 Å². The van der Waals surface area contributed by atoms with Crippen LogP contribution < -0.4 is 15.0 Å². The third-order valence-corrected chi connectivity index (χ3v) is 15.3. The Hall–Kier alpha value is -7.02. The highest BCUT2D eigenvalue weighted by Crippen LogP contribution is 2.46. The van der Waals surface area contributed by atoms with Crippen LogP contribution in [0.4, 0.5) is 20.3 Å². The van der Waals surface area contributed by atoms with E-state index in [0.717, 1.165) is 57.7 Å². The summed E-state index contributed by atoms with van der Waals surface area (Å²) < 4.78 is 47.0. The van der Waals surface area contributed by atoms with Crippen LogP contribution in [-0.2, 0) is 43.3 Å². The molecule has 0 spiro atoms. The van der Waals surface area contributed by atoms with Gasteiger partial charge in [-0.15, -0.1) is 0 Å². The number of rotatable bonds is 11. The number of pyridine rings is 1. The Morgan fingerprint density at radius 3 is 2.48 bits per heavy atom. The number of aryl methyl sites for hydroxylation is 1. The number of carbonyl (C=O) groups is 6. The van der Waals surface area contributed by atoms with Gasteiger partial charge in [-0.25, -0.2) is 8.78 Å². The number of ether oxygens (including phenoxy) is 2. The molecule has 17 nitrogen and oxygen atoms in total. The number of benzene rings is 2. The second-order valence-electron chi connectivity index (χ2n) is 19.4. The Morgan fingerprint density at radius 2 is 1.70 bits per heavy atom. The van der Waals surface area contributed by atoms with Crippen molar-refractivity contribution in [2.75, 3.05) is 50.9 Å². The fourth-order valence-electron chi connectivity index (χ4n) is 11.6. The highest BCUT2D eigenvalue weighted by Gasteiger charge is 2.46. The lowest BCUT2D eigenvalue weighted by Crippen LogP contribution is -2.54. The second-order valence-corrected chi connectivity index (χ2v) is 19.4. The molecule has 19 heteroatoms. The zero-order chi connectivity index (χ0) is 49.1. The number of likely N-dealkylation sites (tertiary alicyclic amines) is 1. The third-order valence-electron chi connectivity index (χ3n) is 15.3. The first-order chi connectivity index (χ1) is 34.4. The number of hydrogen-bond acceptors (Lipinski definition) is 11. The maximum absolute atomic E-state index is 15.5. The predicted octanol–water partition coefficient (Wildman–Crippen LogP) is 6.60. The molecule has 370 valence electrons. The molecular formula is C52H55F2N9O8. The number of piperidine rings is 2. The van der Waals surface area contributed by atoms with Gasteiger partial charge in [-0.2, -0.15) is 5.10 Å². The summed E-state index contributed by atoms with van der Waals surface area (Å²) >= 11 is 0. The van der Waals surface area contributed by atoms with Gasteiger partial charge in [0.15, 0.2) is 5.82 Å². The first-order valence-electron chi connectivity index (χ1n) is 24.8. The maximum Gasteiger partial charge on any atom is 0.266 e. The van der Waals surface area contributed by atoms with Crippen molar-refractivity contribution in [1.82, 2.24) is 39.3 Å². The molecule has 3 aromatic heterocycles. The van der Waals surface area contributed by atoms with Crippen molar-refractivity contribution in [3.8, 4) is 16.9 Å². The Bertz CT molecular complexity index is 2990. The molecule has 0 saturated carbocycles. The number of hydrogen-bond donors (Lipinski definition) is 1. The van der Waals surface area contributed by atoms with Gasteiger partial charge in [0.25, 0.3) is 18.2 Å². The summed E-state index contributed by atoms with van der Waals surface area (Å²) in [5.41, 5.74) is 5.89. The number of fused-ring (bicyclic) bond motifs is 4. The van der Waals surface area contributed by atoms with E-state index in [-0.39, 0.29) is 72.2 Å². The number of nitrogens with one attached hydrogen (secondary N) is 1. The van der Waals surface area contributed by atoms with Crippen molar-refractivity contribution in [3.05, 3.63) is 88.5 Å². The lowest BCUT2D eigenvalue weighted by Gasteiger charge is -2.33. The number of carbonyl (C=O) groups excluding carboxylic acids is 6. The molecule has 1 atom stereocenters. The smallest absolute Gasteiger partial charge is 0.266 e. The second kappa shape index (κ2) is 19.0. The molecule has 0 bridgehead atoms. The molecule has 0 radical (unpaired) electrons. The molecule has 11 rings (SSSR count). The van der Waals surface area contributed by atoms with Crippen molar-refractivity contribution in [2.45, 2.75) is 109 Å². The Labute approximate surface area is 408 Å². The van der Waals surface area contributed by atoms with E-state index in [9.17, 15) is 28.8 Å². The highest BCUT2D eigenvalue weighted by atomic mass is 19.3. The maximum atomic E-state index is 15.5. The summed E-state index contributed by atoms with van der Waals surface area (Å²) in [5, 5.41) is 8.21. The Balaban J connectivity index is 0.781. The quantitative estimate of drug-likeness (QED) is 0.111. The van der Waals surface area contributed by atoms with Gasteiger partial charge in [-0.1, -0.05) is 6.07 Å². The summed E-state index contributed by atoms with van der Waals surface area (Å²) in [7, 11) is 0. The van der Waals surface area contributed by atoms with Gasteiger partial charge in [0.05, 0.1) is 35.8 Å². The normalized spacial score (nSPS) is 19.9. The molecule has 6 aliphatic heterocycles. The van der Waals surface area contributed by atoms with Gasteiger partial charge in [0, 0.05) is 124 Å². The topological polar surface area (TPSA) is 182 Å². The summed E-state index contributed by atoms with van der Waals surface area (Å²) in [4.78, 5) is 88.2. The molecule has 1 N–H and O–H groups in total. The Morgan fingerprint density at radius 1 is 0.887 bits per heavy atom. The molecule has 6 aliphatic rings. The summed E-state index contributed by atoms with van der Waals surface area (Å²) in [6.07, 6.45) is 8.42. The monoisotopic (exact) mass is 971 g/mol. The molecule has 0 aliphatic carbocycles. The molecule has 9 heterocycles. The number of amides is 6. The minimum absolute atomic E-state index is 0.00380. The number of imide groups is 2. The van der Waals surface area contributed by atoms with E-state index in [1.807, 2.05) is 28.1 Å². The van der Waals surface area contributed by atoms with E-state index in [2.05, 4.69) is 24.4 Å². The number of aromatic nitrogens is 4. The average molecular weight is 972 g/mol. The fraction of sp³-hybridized carbons (Fsp3) is 0.462. The third kappa shape index (κ3) is 8.40. The predicted molar refractivity (Wildman–Crippen MR) is 254 cm³/mol. The SMILES string of the molecule is CC(=O)N1CCc2c(c(N3CCCc4cc(-c5cn(C6CCN(C(=O)CCCOc7cccc8c7C(=O)N(C7CCC(=O)NC7=O)C8=O)CC6)c6ccncc56)c(C(F)F)cc43)nn2C2CCOCC2)C1. The van der Waals surface area contributed by atoms with Crippen LogP contribution in [-0.4, -0.2) is 122 Å². The van der Waals surface area contributed by atoms with Crippen molar-refractivity contribution >= 4 is 57.9 Å². The van der Waals surface area contributed by atoms with Gasteiger partial charge >= 0.3 is 0 Å². The first-order valence-corrected chi connectivity index (χ1v) is 24.8. The number of nitrogens with zero attached hydrogens (tertiary/aromatic N) is 8. The van der Waals surface area contributed by atoms with E-state index < -0.39 is 36.1 Å². The van der Waals surface area contributed by atoms with Crippen molar-refractivity contribution in [3.63, 3.8) is 0 Å². The molecule has 71 heavy (non-hydrogen) atoms. The zero-order valence-electron chi connectivity index (χ0n) is 39.5. The lowest BCUT2D eigenvalue weighted by atomic mass is 9.91. The highest BCUT2D eigenvalue weighted by molar-refractivity contribution is 6.24. The van der Waals surface area contributed by atoms with E-state index >= 15 is 8.78 Å². The van der Waals surface area contributed by atoms with Crippen LogP contribution in [0.25, 0.3) is 22.0 Å². The van der Waals surface area contributed by atoms with E-state index in [4.69, 9.17) is 14.6 Å². The largest absolute Gasteiger partial charge is 0.493 e. The fourth-order valence-corrected chi connectivity index (χ4v) is 11.6. The van der Waals surface area contributed by atoms with Crippen LogP contribution in [0.3, 0.4) is 0 Å². The van der Waals surface area contributed by atoms with Crippen molar-refractivity contribution in [1.29, 1.82) is 0 Å². The zero-order valence-corrected chi connectivity index (χ0v) is 39.5. The van der Waals surface area contributed by atoms with Crippen molar-refractivity contribution in [2.24, 2.45) is 0 Å². The molecule has 3 fully saturated rings. The number of halogens is 2. The average Bonchev–Trinajstić information content (AvgIpc) is 4.04. The van der Waals surface area contributed by atoms with E-state index in [0.29, 0.717) is 94.9 Å². The summed E-state index contributed by atoms with van der Waals surface area (Å²) in [6, 6.07) is 9.24. The molecular weight excluding hydrogens is 917 g/mol. The lowest BCUT2D eigenvalue weighted by molar-refractivity contribution is -0.136. The van der Waals surface area contributed by atoms with Gasteiger partial charge in [-0.05, 0) is 92.8 Å². The summed E-state index contributed by atoms with van der Waals surface area (Å²) in [6.45, 7) is 5.63. The van der Waals surface area contributed by atoms with Crippen molar-refractivity contribution < 1.29 is 47.0 Å². The summed E-state index contributed by atoms with van der Waals surface area (Å²) in [5.74, 6) is -1.56.